The summed E-state index contributed by atoms with van der Waals surface area (Å²) in [5.41, 5.74) is 2.40. The topological polar surface area (TPSA) is 36.9 Å². The molecule has 0 amide bonds. The van der Waals surface area contributed by atoms with Gasteiger partial charge in [-0.2, -0.15) is 0 Å². The van der Waals surface area contributed by atoms with E-state index < -0.39 is 0 Å². The highest BCUT2D eigenvalue weighted by atomic mass is 127. The minimum atomic E-state index is 0. The molecule has 0 unspecified atom stereocenters. The van der Waals surface area contributed by atoms with Crippen LogP contribution in [-0.4, -0.2) is 37.6 Å². The van der Waals surface area contributed by atoms with Gasteiger partial charge in [0.2, 0.25) is 0 Å². The highest BCUT2D eigenvalue weighted by molar-refractivity contribution is 14.0. The number of halogens is 1. The number of nitrogens with zero attached hydrogens (tertiary/aromatic N) is 2. The highest BCUT2D eigenvalue weighted by Crippen LogP contribution is 2.17. The Morgan fingerprint density at radius 2 is 2.00 bits per heavy atom. The molecule has 0 atom stereocenters. The van der Waals surface area contributed by atoms with Crippen LogP contribution in [0.3, 0.4) is 0 Å². The number of rotatable bonds is 4. The second-order valence-electron chi connectivity index (χ2n) is 5.22. The Bertz CT molecular complexity index is 471. The van der Waals surface area contributed by atoms with Crippen molar-refractivity contribution >= 4 is 29.9 Å². The van der Waals surface area contributed by atoms with Gasteiger partial charge in [-0.3, -0.25) is 0 Å². The maximum atomic E-state index is 5.32. The van der Waals surface area contributed by atoms with E-state index in [1.807, 2.05) is 6.07 Å². The zero-order valence-electron chi connectivity index (χ0n) is 13.2. The molecule has 0 aliphatic carbocycles. The average Bonchev–Trinajstić information content (AvgIpc) is 2.96. The first-order chi connectivity index (χ1) is 9.72. The van der Waals surface area contributed by atoms with Crippen LogP contribution in [0.15, 0.2) is 23.2 Å². The molecule has 1 heterocycles. The second kappa shape index (κ2) is 9.12. The first-order valence-corrected chi connectivity index (χ1v) is 7.40. The summed E-state index contributed by atoms with van der Waals surface area (Å²) in [5.74, 6) is 1.94. The van der Waals surface area contributed by atoms with Gasteiger partial charge in [0.25, 0.3) is 0 Å². The van der Waals surface area contributed by atoms with Gasteiger partial charge in [0.05, 0.1) is 13.7 Å². The normalized spacial score (nSPS) is 14.8. The number of aliphatic imine (C=N–C) groups is 1. The summed E-state index contributed by atoms with van der Waals surface area (Å²) in [4.78, 5) is 7.10. The number of aryl methyl sites for hydroxylation is 1. The predicted molar refractivity (Wildman–Crippen MR) is 98.8 cm³/mol. The average molecular weight is 403 g/mol. The number of likely N-dealkylation sites (tertiary alicyclic amines) is 1. The maximum Gasteiger partial charge on any atom is 0.194 e. The third-order valence-corrected chi connectivity index (χ3v) is 3.50. The molecule has 0 aromatic heterocycles. The predicted octanol–water partition coefficient (Wildman–Crippen LogP) is 3.18. The van der Waals surface area contributed by atoms with Crippen LogP contribution in [0.5, 0.6) is 5.75 Å². The first-order valence-electron chi connectivity index (χ1n) is 7.40. The zero-order chi connectivity index (χ0) is 14.4. The quantitative estimate of drug-likeness (QED) is 0.477. The van der Waals surface area contributed by atoms with Crippen LogP contribution in [0.25, 0.3) is 0 Å². The minimum Gasteiger partial charge on any atom is -0.497 e. The van der Waals surface area contributed by atoms with Crippen molar-refractivity contribution in [2.75, 3.05) is 26.7 Å². The molecule has 1 saturated heterocycles. The lowest BCUT2D eigenvalue weighted by Gasteiger charge is -2.20. The number of guanidine groups is 1. The van der Waals surface area contributed by atoms with E-state index in [2.05, 4.69) is 36.2 Å². The molecule has 0 spiro atoms. The molecular weight excluding hydrogens is 377 g/mol. The van der Waals surface area contributed by atoms with E-state index in [0.29, 0.717) is 6.54 Å². The van der Waals surface area contributed by atoms with Gasteiger partial charge >= 0.3 is 0 Å². The van der Waals surface area contributed by atoms with Crippen molar-refractivity contribution in [1.82, 2.24) is 10.2 Å². The molecule has 1 aliphatic rings. The van der Waals surface area contributed by atoms with Gasteiger partial charge in [0.1, 0.15) is 5.75 Å². The smallest absolute Gasteiger partial charge is 0.194 e. The van der Waals surface area contributed by atoms with E-state index >= 15 is 0 Å². The summed E-state index contributed by atoms with van der Waals surface area (Å²) in [6.07, 6.45) is 2.53. The molecule has 1 aliphatic heterocycles. The van der Waals surface area contributed by atoms with Gasteiger partial charge in [-0.1, -0.05) is 6.07 Å². The van der Waals surface area contributed by atoms with Gasteiger partial charge in [0, 0.05) is 19.6 Å². The van der Waals surface area contributed by atoms with E-state index in [-0.39, 0.29) is 24.0 Å². The lowest BCUT2D eigenvalue weighted by atomic mass is 10.1. The molecule has 5 heteroatoms. The van der Waals surface area contributed by atoms with E-state index in [0.717, 1.165) is 31.3 Å². The van der Waals surface area contributed by atoms with Gasteiger partial charge < -0.3 is 15.0 Å². The summed E-state index contributed by atoms with van der Waals surface area (Å²) in [6.45, 7) is 8.03. The molecule has 0 saturated carbocycles. The van der Waals surface area contributed by atoms with E-state index in [4.69, 9.17) is 9.73 Å². The molecule has 1 aromatic rings. The molecule has 0 radical (unpaired) electrons. The summed E-state index contributed by atoms with van der Waals surface area (Å²) >= 11 is 0. The van der Waals surface area contributed by atoms with Crippen molar-refractivity contribution in [1.29, 1.82) is 0 Å². The number of benzene rings is 1. The first kappa shape index (κ1) is 18.1. The van der Waals surface area contributed by atoms with E-state index in [9.17, 15) is 0 Å². The summed E-state index contributed by atoms with van der Waals surface area (Å²) in [6, 6.07) is 6.27. The number of ether oxygens (including phenoxy) is 1. The number of nitrogens with one attached hydrogen (secondary N) is 1. The molecular formula is C16H26IN3O. The van der Waals surface area contributed by atoms with E-state index in [1.54, 1.807) is 7.11 Å². The SMILES string of the molecule is CCNC(=NCc1cc(C)cc(OC)c1)N1CCCC1.I. The Balaban J connectivity index is 0.00000220. The fourth-order valence-corrected chi connectivity index (χ4v) is 2.55. The lowest BCUT2D eigenvalue weighted by Crippen LogP contribution is -2.39. The monoisotopic (exact) mass is 403 g/mol. The molecule has 1 aromatic carbocycles. The fraction of sp³-hybridized carbons (Fsp3) is 0.562. The Hall–Kier alpha value is -0.980. The molecule has 2 rings (SSSR count). The fourth-order valence-electron chi connectivity index (χ4n) is 2.55. The van der Waals surface area contributed by atoms with Crippen molar-refractivity contribution in [2.45, 2.75) is 33.2 Å². The molecule has 1 N–H and O–H groups in total. The largest absolute Gasteiger partial charge is 0.497 e. The van der Waals surface area contributed by atoms with Gasteiger partial charge in [0.15, 0.2) is 5.96 Å². The van der Waals surface area contributed by atoms with Crippen LogP contribution >= 0.6 is 24.0 Å². The number of hydrogen-bond acceptors (Lipinski definition) is 2. The van der Waals surface area contributed by atoms with Crippen LogP contribution in [-0.2, 0) is 6.54 Å². The number of hydrogen-bond donors (Lipinski definition) is 1. The zero-order valence-corrected chi connectivity index (χ0v) is 15.5. The highest BCUT2D eigenvalue weighted by Gasteiger charge is 2.15. The van der Waals surface area contributed by atoms with Crippen molar-refractivity contribution < 1.29 is 4.74 Å². The van der Waals surface area contributed by atoms with Crippen molar-refractivity contribution in [2.24, 2.45) is 4.99 Å². The van der Waals surface area contributed by atoms with Gasteiger partial charge in [-0.05, 0) is 49.9 Å². The van der Waals surface area contributed by atoms with Crippen LogP contribution in [0.1, 0.15) is 30.9 Å². The van der Waals surface area contributed by atoms with Gasteiger partial charge in [-0.15, -0.1) is 24.0 Å². The van der Waals surface area contributed by atoms with Crippen LogP contribution in [0, 0.1) is 6.92 Å². The lowest BCUT2D eigenvalue weighted by molar-refractivity contribution is 0.414. The van der Waals surface area contributed by atoms with Crippen LogP contribution in [0.4, 0.5) is 0 Å². The summed E-state index contributed by atoms with van der Waals surface area (Å²) < 4.78 is 5.32. The van der Waals surface area contributed by atoms with E-state index in [1.165, 1.54) is 24.0 Å². The Morgan fingerprint density at radius 1 is 1.29 bits per heavy atom. The van der Waals surface area contributed by atoms with Crippen molar-refractivity contribution in [3.05, 3.63) is 29.3 Å². The molecule has 1 fully saturated rings. The molecule has 4 nitrogen and oxygen atoms in total. The van der Waals surface area contributed by atoms with Crippen LogP contribution < -0.4 is 10.1 Å². The van der Waals surface area contributed by atoms with Crippen molar-refractivity contribution in [3.63, 3.8) is 0 Å². The van der Waals surface area contributed by atoms with Crippen LogP contribution in [0.2, 0.25) is 0 Å². The Labute approximate surface area is 145 Å². The maximum absolute atomic E-state index is 5.32. The van der Waals surface area contributed by atoms with Crippen molar-refractivity contribution in [3.8, 4) is 5.75 Å². The second-order valence-corrected chi connectivity index (χ2v) is 5.22. The standard InChI is InChI=1S/C16H25N3O.HI/c1-4-17-16(19-7-5-6-8-19)18-12-14-9-13(2)10-15(11-14)20-3;/h9-11H,4-8,12H2,1-3H3,(H,17,18);1H. The Morgan fingerprint density at radius 3 is 2.62 bits per heavy atom. The molecule has 21 heavy (non-hydrogen) atoms. The summed E-state index contributed by atoms with van der Waals surface area (Å²) in [7, 11) is 1.70. The number of methoxy groups -OCH3 is 1. The molecule has 118 valence electrons. The molecule has 0 bridgehead atoms. The van der Waals surface area contributed by atoms with Gasteiger partial charge in [-0.25, -0.2) is 4.99 Å². The third kappa shape index (κ3) is 5.37. The third-order valence-electron chi connectivity index (χ3n) is 3.50. The summed E-state index contributed by atoms with van der Waals surface area (Å²) in [5, 5.41) is 3.38. The minimum absolute atomic E-state index is 0. The Kier molecular flexibility index (Phi) is 7.85.